The summed E-state index contributed by atoms with van der Waals surface area (Å²) in [4.78, 5) is 11.9. The zero-order chi connectivity index (χ0) is 15.4. The van der Waals surface area contributed by atoms with Gasteiger partial charge in [0, 0.05) is 12.1 Å². The number of benzene rings is 1. The van der Waals surface area contributed by atoms with Gasteiger partial charge in [-0.2, -0.15) is 5.10 Å². The predicted molar refractivity (Wildman–Crippen MR) is 80.8 cm³/mol. The van der Waals surface area contributed by atoms with Gasteiger partial charge in [-0.05, 0) is 48.0 Å². The number of nitrogens with one attached hydrogen (secondary N) is 1. The van der Waals surface area contributed by atoms with Crippen LogP contribution in [0.4, 0.5) is 10.2 Å². The van der Waals surface area contributed by atoms with Crippen LogP contribution in [0.1, 0.15) is 19.9 Å². The normalized spacial score (nSPS) is 10.7. The summed E-state index contributed by atoms with van der Waals surface area (Å²) in [6.07, 6.45) is 1.62. The van der Waals surface area contributed by atoms with Gasteiger partial charge in [0.25, 0.3) is 5.91 Å². The number of hydrogen-bond acceptors (Lipinski definition) is 3. The molecule has 1 amide bonds. The van der Waals surface area contributed by atoms with Crippen molar-refractivity contribution in [2.24, 2.45) is 0 Å². The summed E-state index contributed by atoms with van der Waals surface area (Å²) in [7, 11) is 0. The van der Waals surface area contributed by atoms with E-state index < -0.39 is 0 Å². The van der Waals surface area contributed by atoms with Gasteiger partial charge in [-0.1, -0.05) is 0 Å². The SMILES string of the molecule is CC(C)n1nccc1NC(=O)COc1ccc(F)cc1Br. The largest absolute Gasteiger partial charge is 0.483 e. The van der Waals surface area contributed by atoms with E-state index >= 15 is 0 Å². The first-order chi connectivity index (χ1) is 9.97. The van der Waals surface area contributed by atoms with Crippen molar-refractivity contribution in [2.45, 2.75) is 19.9 Å². The lowest BCUT2D eigenvalue weighted by molar-refractivity contribution is -0.118. The van der Waals surface area contributed by atoms with Gasteiger partial charge in [0.1, 0.15) is 17.4 Å². The van der Waals surface area contributed by atoms with Gasteiger partial charge >= 0.3 is 0 Å². The number of nitrogens with zero attached hydrogens (tertiary/aromatic N) is 2. The monoisotopic (exact) mass is 355 g/mol. The topological polar surface area (TPSA) is 56.2 Å². The molecule has 1 heterocycles. The van der Waals surface area contributed by atoms with E-state index in [1.54, 1.807) is 16.9 Å². The van der Waals surface area contributed by atoms with Crippen LogP contribution in [0.3, 0.4) is 0 Å². The summed E-state index contributed by atoms with van der Waals surface area (Å²) in [5.41, 5.74) is 0. The highest BCUT2D eigenvalue weighted by Crippen LogP contribution is 2.25. The van der Waals surface area contributed by atoms with Crippen LogP contribution in [0.5, 0.6) is 5.75 Å². The number of amides is 1. The summed E-state index contributed by atoms with van der Waals surface area (Å²) in [5, 5.41) is 6.84. The Morgan fingerprint density at radius 1 is 1.48 bits per heavy atom. The molecule has 0 fully saturated rings. The molecule has 0 bridgehead atoms. The molecule has 112 valence electrons. The maximum atomic E-state index is 12.9. The molecular formula is C14H15BrFN3O2. The van der Waals surface area contributed by atoms with Crippen LogP contribution in [0.15, 0.2) is 34.9 Å². The third-order valence-corrected chi connectivity index (χ3v) is 3.30. The highest BCUT2D eigenvalue weighted by molar-refractivity contribution is 9.10. The van der Waals surface area contributed by atoms with Crippen molar-refractivity contribution in [3.8, 4) is 5.75 Å². The Bertz CT molecular complexity index is 643. The molecule has 0 saturated heterocycles. The van der Waals surface area contributed by atoms with E-state index in [-0.39, 0.29) is 24.4 Å². The third-order valence-electron chi connectivity index (χ3n) is 2.68. The lowest BCUT2D eigenvalue weighted by Crippen LogP contribution is -2.22. The van der Waals surface area contributed by atoms with E-state index in [1.165, 1.54) is 18.2 Å². The second kappa shape index (κ2) is 6.71. The average molecular weight is 356 g/mol. The maximum Gasteiger partial charge on any atom is 0.263 e. The van der Waals surface area contributed by atoms with Crippen LogP contribution >= 0.6 is 15.9 Å². The number of rotatable bonds is 5. The summed E-state index contributed by atoms with van der Waals surface area (Å²) in [6, 6.07) is 5.87. The highest BCUT2D eigenvalue weighted by atomic mass is 79.9. The smallest absolute Gasteiger partial charge is 0.263 e. The van der Waals surface area contributed by atoms with Gasteiger partial charge in [-0.15, -0.1) is 0 Å². The molecule has 0 radical (unpaired) electrons. The molecule has 1 aromatic carbocycles. The molecule has 0 saturated carbocycles. The van der Waals surface area contributed by atoms with Crippen molar-refractivity contribution in [1.29, 1.82) is 0 Å². The molecule has 21 heavy (non-hydrogen) atoms. The minimum atomic E-state index is -0.375. The fourth-order valence-electron chi connectivity index (χ4n) is 1.74. The van der Waals surface area contributed by atoms with Crippen LogP contribution < -0.4 is 10.1 Å². The lowest BCUT2D eigenvalue weighted by atomic mass is 10.3. The van der Waals surface area contributed by atoms with Crippen molar-refractivity contribution < 1.29 is 13.9 Å². The standard InChI is InChI=1S/C14H15BrFN3O2/c1-9(2)19-13(5-6-17-19)18-14(20)8-21-12-4-3-10(16)7-11(12)15/h3-7,9H,8H2,1-2H3,(H,18,20). The number of hydrogen-bond donors (Lipinski definition) is 1. The van der Waals surface area contributed by atoms with E-state index in [9.17, 15) is 9.18 Å². The Kier molecular flexibility index (Phi) is 4.95. The predicted octanol–water partition coefficient (Wildman–Crippen LogP) is 3.38. The number of carbonyl (C=O) groups excluding carboxylic acids is 1. The Balaban J connectivity index is 1.94. The van der Waals surface area contributed by atoms with Gasteiger partial charge in [0.2, 0.25) is 0 Å². The van der Waals surface area contributed by atoms with Gasteiger partial charge < -0.3 is 10.1 Å². The fraction of sp³-hybridized carbons (Fsp3) is 0.286. The van der Waals surface area contributed by atoms with Crippen LogP contribution in [0.25, 0.3) is 0 Å². The summed E-state index contributed by atoms with van der Waals surface area (Å²) in [6.45, 7) is 3.76. The zero-order valence-corrected chi connectivity index (χ0v) is 13.2. The molecule has 2 rings (SSSR count). The molecule has 1 aromatic heterocycles. The summed E-state index contributed by atoms with van der Waals surface area (Å²) < 4.78 is 20.5. The van der Waals surface area contributed by atoms with E-state index in [2.05, 4.69) is 26.3 Å². The van der Waals surface area contributed by atoms with Crippen LogP contribution in [0, 0.1) is 5.82 Å². The minimum absolute atomic E-state index is 0.141. The lowest BCUT2D eigenvalue weighted by Gasteiger charge is -2.12. The molecule has 0 unspecified atom stereocenters. The molecular weight excluding hydrogens is 341 g/mol. The first-order valence-corrected chi connectivity index (χ1v) is 7.18. The Labute approximate surface area is 130 Å². The van der Waals surface area contributed by atoms with Gasteiger partial charge in [0.15, 0.2) is 6.61 Å². The maximum absolute atomic E-state index is 12.9. The number of halogens is 2. The quantitative estimate of drug-likeness (QED) is 0.894. The molecule has 0 aliphatic carbocycles. The van der Waals surface area contributed by atoms with E-state index in [4.69, 9.17) is 4.74 Å². The van der Waals surface area contributed by atoms with Crippen molar-refractivity contribution >= 4 is 27.7 Å². The summed E-state index contributed by atoms with van der Waals surface area (Å²) in [5.74, 6) is 0.328. The molecule has 0 aliphatic rings. The van der Waals surface area contributed by atoms with E-state index in [0.29, 0.717) is 16.0 Å². The first-order valence-electron chi connectivity index (χ1n) is 6.38. The van der Waals surface area contributed by atoms with Crippen molar-refractivity contribution in [1.82, 2.24) is 9.78 Å². The van der Waals surface area contributed by atoms with Gasteiger partial charge in [-0.3, -0.25) is 4.79 Å². The second-order valence-corrected chi connectivity index (χ2v) is 5.52. The van der Waals surface area contributed by atoms with Crippen molar-refractivity contribution in [3.05, 3.63) is 40.8 Å². The van der Waals surface area contributed by atoms with E-state index in [0.717, 1.165) is 0 Å². The van der Waals surface area contributed by atoms with Crippen molar-refractivity contribution in [2.75, 3.05) is 11.9 Å². The highest BCUT2D eigenvalue weighted by Gasteiger charge is 2.11. The van der Waals surface area contributed by atoms with Gasteiger partial charge in [-0.25, -0.2) is 9.07 Å². The molecule has 0 aliphatic heterocycles. The van der Waals surface area contributed by atoms with E-state index in [1.807, 2.05) is 13.8 Å². The summed E-state index contributed by atoms with van der Waals surface area (Å²) >= 11 is 3.18. The number of aromatic nitrogens is 2. The van der Waals surface area contributed by atoms with Crippen LogP contribution in [-0.4, -0.2) is 22.3 Å². The fourth-order valence-corrected chi connectivity index (χ4v) is 2.20. The van der Waals surface area contributed by atoms with Crippen LogP contribution in [0.2, 0.25) is 0 Å². The zero-order valence-electron chi connectivity index (χ0n) is 11.6. The molecule has 0 spiro atoms. The first kappa shape index (κ1) is 15.5. The Morgan fingerprint density at radius 2 is 2.24 bits per heavy atom. The number of carbonyl (C=O) groups is 1. The molecule has 1 N–H and O–H groups in total. The molecule has 2 aromatic rings. The second-order valence-electron chi connectivity index (χ2n) is 4.67. The van der Waals surface area contributed by atoms with Gasteiger partial charge in [0.05, 0.1) is 10.7 Å². The average Bonchev–Trinajstić information content (AvgIpc) is 2.86. The molecule has 5 nitrogen and oxygen atoms in total. The Morgan fingerprint density at radius 3 is 2.90 bits per heavy atom. The number of anilines is 1. The molecule has 7 heteroatoms. The molecule has 0 atom stereocenters. The van der Waals surface area contributed by atoms with Crippen LogP contribution in [-0.2, 0) is 4.79 Å². The third kappa shape index (κ3) is 4.04. The minimum Gasteiger partial charge on any atom is -0.483 e. The van der Waals surface area contributed by atoms with Crippen molar-refractivity contribution in [3.63, 3.8) is 0 Å². The Hall–Kier alpha value is -1.89. The number of ether oxygens (including phenoxy) is 1.